The van der Waals surface area contributed by atoms with Crippen molar-refractivity contribution >= 4 is 44.8 Å². The number of hydrogen-bond donors (Lipinski definition) is 3. The number of carbonyl (C=O) groups is 1. The Hall–Kier alpha value is -3.99. The highest BCUT2D eigenvalue weighted by molar-refractivity contribution is 9.10. The number of aliphatic hydroxyl groups excluding tert-OH is 2. The van der Waals surface area contributed by atoms with Gasteiger partial charge in [-0.1, -0.05) is 48.5 Å². The van der Waals surface area contributed by atoms with E-state index >= 15 is 0 Å². The van der Waals surface area contributed by atoms with Crippen molar-refractivity contribution in [3.63, 3.8) is 0 Å². The first-order valence-electron chi connectivity index (χ1n) is 14.5. The van der Waals surface area contributed by atoms with Gasteiger partial charge in [0.25, 0.3) is 6.02 Å². The van der Waals surface area contributed by atoms with Crippen molar-refractivity contribution in [2.45, 2.75) is 51.0 Å². The zero-order valence-corrected chi connectivity index (χ0v) is 26.1. The Morgan fingerprint density at radius 3 is 2.61 bits per heavy atom. The summed E-state index contributed by atoms with van der Waals surface area (Å²) >= 11 is 3.43. The van der Waals surface area contributed by atoms with Gasteiger partial charge in [-0.25, -0.2) is 9.38 Å². The van der Waals surface area contributed by atoms with Crippen LogP contribution in [0.15, 0.2) is 88.3 Å². The Morgan fingerprint density at radius 1 is 1.14 bits per heavy atom. The van der Waals surface area contributed by atoms with Crippen LogP contribution in [0.5, 0.6) is 5.75 Å². The summed E-state index contributed by atoms with van der Waals surface area (Å²) in [6.45, 7) is 4.74. The number of aliphatic imine (C=N–C) groups is 1. The molecule has 3 N–H and O–H groups in total. The SMILES string of the molecule is CC(C)n1c(C=C[C@H](O)C[C@H](O)CC(=O)NC2=NCC(COc3ccccc3Br)O2)c(-c2ccc(F)cc2)c2ccccc21. The minimum Gasteiger partial charge on any atom is -0.488 e. The van der Waals surface area contributed by atoms with Crippen LogP contribution in [0.3, 0.4) is 0 Å². The fraction of sp³-hybridized carbons (Fsp3) is 0.294. The molecule has 0 saturated carbocycles. The van der Waals surface area contributed by atoms with Crippen LogP contribution in [0.2, 0.25) is 0 Å². The minimum absolute atomic E-state index is 0.0482. The Balaban J connectivity index is 1.19. The van der Waals surface area contributed by atoms with Crippen molar-refractivity contribution in [3.8, 4) is 16.9 Å². The molecule has 10 heteroatoms. The third kappa shape index (κ3) is 7.56. The number of benzene rings is 3. The Labute approximate surface area is 264 Å². The number of carbonyl (C=O) groups excluding carboxylic acids is 1. The number of nitrogens with zero attached hydrogens (tertiary/aromatic N) is 2. The molecule has 1 unspecified atom stereocenters. The zero-order chi connectivity index (χ0) is 31.2. The molecule has 1 aliphatic rings. The number of fused-ring (bicyclic) bond motifs is 1. The van der Waals surface area contributed by atoms with Gasteiger partial charge in [0, 0.05) is 34.6 Å². The van der Waals surface area contributed by atoms with Gasteiger partial charge in [-0.3, -0.25) is 10.1 Å². The fourth-order valence-corrected chi connectivity index (χ4v) is 5.67. The first kappa shape index (κ1) is 31.4. The standard InChI is InChI=1S/C34H35BrFN3O5/c1-21(2)39-29-9-5-3-7-27(29)33(22-11-13-23(36)14-12-22)30(39)16-15-24(40)17-25(41)18-32(42)38-34-37-19-26(44-34)20-43-31-10-6-4-8-28(31)35/h3-16,21,24-26,40-41H,17-20H2,1-2H3,(H,37,38,42)/t24-,25-,26?/m0/s1. The molecule has 0 spiro atoms. The Morgan fingerprint density at radius 2 is 1.86 bits per heavy atom. The van der Waals surface area contributed by atoms with Gasteiger partial charge < -0.3 is 24.3 Å². The summed E-state index contributed by atoms with van der Waals surface area (Å²) in [6.07, 6.45) is 0.686. The van der Waals surface area contributed by atoms with E-state index in [9.17, 15) is 19.4 Å². The van der Waals surface area contributed by atoms with E-state index in [4.69, 9.17) is 9.47 Å². The number of halogens is 2. The first-order valence-corrected chi connectivity index (χ1v) is 15.3. The number of ether oxygens (including phenoxy) is 2. The molecule has 4 aromatic rings. The Kier molecular flexibility index (Phi) is 10.1. The topological polar surface area (TPSA) is 105 Å². The van der Waals surface area contributed by atoms with Gasteiger partial charge in [-0.05, 0) is 71.7 Å². The van der Waals surface area contributed by atoms with E-state index in [1.807, 2.05) is 54.6 Å². The van der Waals surface area contributed by atoms with Crippen molar-refractivity contribution in [3.05, 3.63) is 94.9 Å². The lowest BCUT2D eigenvalue weighted by Crippen LogP contribution is -2.35. The van der Waals surface area contributed by atoms with Crippen molar-refractivity contribution in [2.24, 2.45) is 4.99 Å². The van der Waals surface area contributed by atoms with Crippen molar-refractivity contribution < 1.29 is 28.9 Å². The molecule has 230 valence electrons. The van der Waals surface area contributed by atoms with Crippen LogP contribution in [0, 0.1) is 5.82 Å². The molecule has 0 radical (unpaired) electrons. The number of amides is 1. The second kappa shape index (κ2) is 14.2. The lowest BCUT2D eigenvalue weighted by molar-refractivity contribution is -0.122. The number of hydrogen-bond acceptors (Lipinski definition) is 6. The quantitative estimate of drug-likeness (QED) is 0.176. The average molecular weight is 665 g/mol. The summed E-state index contributed by atoms with van der Waals surface area (Å²) in [5, 5.41) is 24.9. The van der Waals surface area contributed by atoms with Crippen molar-refractivity contribution in [1.82, 2.24) is 9.88 Å². The molecule has 3 atom stereocenters. The molecule has 0 aliphatic carbocycles. The molecule has 1 aromatic heterocycles. The largest absolute Gasteiger partial charge is 0.488 e. The van der Waals surface area contributed by atoms with Crippen LogP contribution in [-0.2, 0) is 9.53 Å². The van der Waals surface area contributed by atoms with E-state index < -0.39 is 18.1 Å². The number of para-hydroxylation sites is 2. The summed E-state index contributed by atoms with van der Waals surface area (Å²) in [5.41, 5.74) is 3.65. The summed E-state index contributed by atoms with van der Waals surface area (Å²) in [5.74, 6) is -0.108. The predicted molar refractivity (Wildman–Crippen MR) is 173 cm³/mol. The van der Waals surface area contributed by atoms with Crippen LogP contribution < -0.4 is 10.1 Å². The highest BCUT2D eigenvalue weighted by atomic mass is 79.9. The van der Waals surface area contributed by atoms with Crippen LogP contribution in [0.4, 0.5) is 4.39 Å². The maximum atomic E-state index is 13.7. The van der Waals surface area contributed by atoms with E-state index in [-0.39, 0.29) is 43.4 Å². The number of amidine groups is 1. The number of rotatable bonds is 11. The molecule has 3 aromatic carbocycles. The van der Waals surface area contributed by atoms with E-state index in [1.165, 1.54) is 12.1 Å². The smallest absolute Gasteiger partial charge is 0.292 e. The molecule has 5 rings (SSSR count). The zero-order valence-electron chi connectivity index (χ0n) is 24.5. The summed E-state index contributed by atoms with van der Waals surface area (Å²) in [6, 6.07) is 22.0. The monoisotopic (exact) mass is 663 g/mol. The highest BCUT2D eigenvalue weighted by Gasteiger charge is 2.24. The molecule has 8 nitrogen and oxygen atoms in total. The lowest BCUT2D eigenvalue weighted by Gasteiger charge is -2.16. The maximum absolute atomic E-state index is 13.7. The average Bonchev–Trinajstić information content (AvgIpc) is 3.57. The van der Waals surface area contributed by atoms with Crippen LogP contribution in [0.1, 0.15) is 38.4 Å². The predicted octanol–water partition coefficient (Wildman–Crippen LogP) is 6.26. The third-order valence-corrected chi connectivity index (χ3v) is 7.89. The lowest BCUT2D eigenvalue weighted by atomic mass is 10.0. The van der Waals surface area contributed by atoms with Gasteiger partial charge in [0.1, 0.15) is 18.2 Å². The molecule has 1 amide bonds. The summed E-state index contributed by atoms with van der Waals surface area (Å²) in [4.78, 5) is 16.8. The number of aliphatic hydroxyl groups is 2. The van der Waals surface area contributed by atoms with E-state index in [0.717, 1.165) is 32.2 Å². The molecule has 2 heterocycles. The second-order valence-corrected chi connectivity index (χ2v) is 11.8. The second-order valence-electron chi connectivity index (χ2n) is 10.9. The molecule has 0 saturated heterocycles. The van der Waals surface area contributed by atoms with Crippen molar-refractivity contribution in [1.29, 1.82) is 0 Å². The molecular weight excluding hydrogens is 629 g/mol. The van der Waals surface area contributed by atoms with E-state index in [1.54, 1.807) is 18.2 Å². The molecule has 44 heavy (non-hydrogen) atoms. The highest BCUT2D eigenvalue weighted by Crippen LogP contribution is 2.38. The summed E-state index contributed by atoms with van der Waals surface area (Å²) in [7, 11) is 0. The Bertz CT molecular complexity index is 1670. The van der Waals surface area contributed by atoms with Gasteiger partial charge >= 0.3 is 0 Å². The van der Waals surface area contributed by atoms with Gasteiger partial charge in [0.05, 0.1) is 29.6 Å². The summed E-state index contributed by atoms with van der Waals surface area (Å²) < 4.78 is 28.1. The van der Waals surface area contributed by atoms with Gasteiger partial charge in [0.15, 0.2) is 6.10 Å². The third-order valence-electron chi connectivity index (χ3n) is 7.23. The molecule has 0 bridgehead atoms. The van der Waals surface area contributed by atoms with Gasteiger partial charge in [0.2, 0.25) is 5.91 Å². The number of aromatic nitrogens is 1. The van der Waals surface area contributed by atoms with Gasteiger partial charge in [-0.2, -0.15) is 0 Å². The molecule has 0 fully saturated rings. The van der Waals surface area contributed by atoms with Crippen LogP contribution in [0.25, 0.3) is 28.1 Å². The van der Waals surface area contributed by atoms with Crippen molar-refractivity contribution in [2.75, 3.05) is 13.2 Å². The van der Waals surface area contributed by atoms with Gasteiger partial charge in [-0.15, -0.1) is 0 Å². The minimum atomic E-state index is -1.10. The molecular formula is C34H35BrFN3O5. The number of nitrogens with one attached hydrogen (secondary N) is 1. The molecule has 1 aliphatic heterocycles. The van der Waals surface area contributed by atoms with E-state index in [0.29, 0.717) is 12.3 Å². The maximum Gasteiger partial charge on any atom is 0.292 e. The first-order chi connectivity index (χ1) is 21.2. The van der Waals surface area contributed by atoms with Crippen LogP contribution in [-0.4, -0.2) is 58.2 Å². The fourth-order valence-electron chi connectivity index (χ4n) is 5.27. The van der Waals surface area contributed by atoms with E-state index in [2.05, 4.69) is 44.7 Å². The van der Waals surface area contributed by atoms with Crippen LogP contribution >= 0.6 is 15.9 Å². The normalized spacial score (nSPS) is 16.2.